The van der Waals surface area contributed by atoms with Gasteiger partial charge in [0.15, 0.2) is 6.61 Å². The molecule has 150 valence electrons. The maximum atomic E-state index is 12.2. The third-order valence-electron chi connectivity index (χ3n) is 5.66. The number of carboxylic acids is 1. The van der Waals surface area contributed by atoms with E-state index in [4.69, 9.17) is 4.74 Å². The summed E-state index contributed by atoms with van der Waals surface area (Å²) in [5.74, 6) is -0.793. The van der Waals surface area contributed by atoms with Crippen LogP contribution < -0.4 is 0 Å². The maximum Gasteiger partial charge on any atom is 0.311 e. The highest BCUT2D eigenvalue weighted by Crippen LogP contribution is 2.37. The smallest absolute Gasteiger partial charge is 0.311 e. The van der Waals surface area contributed by atoms with Crippen LogP contribution in [-0.4, -0.2) is 34.5 Å². The predicted octanol–water partition coefficient (Wildman–Crippen LogP) is 3.77. The van der Waals surface area contributed by atoms with Crippen molar-refractivity contribution < 1.29 is 19.4 Å². The van der Waals surface area contributed by atoms with Gasteiger partial charge in [-0.25, -0.2) is 5.01 Å². The van der Waals surface area contributed by atoms with Gasteiger partial charge >= 0.3 is 5.97 Å². The van der Waals surface area contributed by atoms with Crippen molar-refractivity contribution in [2.45, 2.75) is 38.1 Å². The summed E-state index contributed by atoms with van der Waals surface area (Å²) in [4.78, 5) is 24.0. The highest BCUT2D eigenvalue weighted by atomic mass is 16.5. The fourth-order valence-corrected chi connectivity index (χ4v) is 4.15. The average Bonchev–Trinajstić information content (AvgIpc) is 3.26. The number of hydrogen-bond acceptors (Lipinski definition) is 4. The van der Waals surface area contributed by atoms with E-state index in [-0.39, 0.29) is 18.4 Å². The van der Waals surface area contributed by atoms with E-state index in [1.165, 1.54) is 5.01 Å². The minimum absolute atomic E-state index is 0.0470. The highest BCUT2D eigenvalue weighted by Gasteiger charge is 2.32. The molecule has 2 aliphatic rings. The van der Waals surface area contributed by atoms with Crippen molar-refractivity contribution in [1.29, 1.82) is 0 Å². The number of hydrogen-bond donors (Lipinski definition) is 1. The van der Waals surface area contributed by atoms with Crippen molar-refractivity contribution in [3.05, 3.63) is 71.3 Å². The summed E-state index contributed by atoms with van der Waals surface area (Å²) in [6, 6.07) is 17.0. The molecule has 0 unspecified atom stereocenters. The Morgan fingerprint density at radius 1 is 1.10 bits per heavy atom. The van der Waals surface area contributed by atoms with E-state index in [9.17, 15) is 14.7 Å². The predicted molar refractivity (Wildman–Crippen MR) is 108 cm³/mol. The van der Waals surface area contributed by atoms with Crippen LogP contribution in [0.2, 0.25) is 0 Å². The summed E-state index contributed by atoms with van der Waals surface area (Å²) in [6.45, 7) is 0.272. The molecule has 1 atom stereocenters. The van der Waals surface area contributed by atoms with Crippen molar-refractivity contribution in [3.63, 3.8) is 0 Å². The lowest BCUT2D eigenvalue weighted by molar-refractivity contribution is -0.140. The normalized spacial score (nSPS) is 18.3. The zero-order valence-electron chi connectivity index (χ0n) is 16.2. The first kappa shape index (κ1) is 19.2. The molecule has 1 N–H and O–H groups in total. The first-order chi connectivity index (χ1) is 14.1. The fourth-order valence-electron chi connectivity index (χ4n) is 4.15. The number of rotatable bonds is 6. The average molecular weight is 392 g/mol. The van der Waals surface area contributed by atoms with Crippen LogP contribution in [0.25, 0.3) is 0 Å². The zero-order valence-corrected chi connectivity index (χ0v) is 16.2. The summed E-state index contributed by atoms with van der Waals surface area (Å²) in [5, 5.41) is 15.5. The zero-order chi connectivity index (χ0) is 20.2. The van der Waals surface area contributed by atoms with Gasteiger partial charge in [0.25, 0.3) is 5.91 Å². The van der Waals surface area contributed by atoms with Crippen LogP contribution in [0.5, 0.6) is 0 Å². The van der Waals surface area contributed by atoms with Gasteiger partial charge in [-0.1, -0.05) is 55.3 Å². The second kappa shape index (κ2) is 8.47. The van der Waals surface area contributed by atoms with Gasteiger partial charge in [0.1, 0.15) is 0 Å². The number of amides is 1. The lowest BCUT2D eigenvalue weighted by Gasteiger charge is -2.24. The maximum absolute atomic E-state index is 12.2. The fraction of sp³-hybridized carbons (Fsp3) is 0.348. The molecule has 0 radical (unpaired) electrons. The Labute approximate surface area is 169 Å². The van der Waals surface area contributed by atoms with Crippen LogP contribution in [0.3, 0.4) is 0 Å². The molecular formula is C23H24N2O4. The van der Waals surface area contributed by atoms with E-state index >= 15 is 0 Å². The molecule has 0 bridgehead atoms. The Bertz CT molecular complexity index is 902. The molecular weight excluding hydrogens is 368 g/mol. The molecule has 29 heavy (non-hydrogen) atoms. The number of carbonyl (C=O) groups excluding carboxylic acids is 1. The van der Waals surface area contributed by atoms with Crippen molar-refractivity contribution in [2.24, 2.45) is 11.0 Å². The Balaban J connectivity index is 1.50. The molecule has 1 aliphatic heterocycles. The van der Waals surface area contributed by atoms with Gasteiger partial charge in [-0.3, -0.25) is 9.59 Å². The lowest BCUT2D eigenvalue weighted by Crippen LogP contribution is -2.36. The van der Waals surface area contributed by atoms with Crippen LogP contribution in [0.1, 0.15) is 48.3 Å². The Kier molecular flexibility index (Phi) is 5.60. The summed E-state index contributed by atoms with van der Waals surface area (Å²) in [6.07, 6.45) is 4.15. The standard InChI is InChI=1S/C23H24N2O4/c26-20-15-29-22(19-8-2-1-3-9-19)24-25(20)14-16-10-12-18(13-11-16)21(23(27)28)17-6-4-5-7-17/h1-3,8-13,17,21H,4-7,14-15H2,(H,27,28)/t21-/m0/s1. The quantitative estimate of drug-likeness (QED) is 0.812. The van der Waals surface area contributed by atoms with Gasteiger partial charge in [-0.05, 0) is 42.0 Å². The van der Waals surface area contributed by atoms with Crippen LogP contribution in [0, 0.1) is 5.92 Å². The van der Waals surface area contributed by atoms with Gasteiger partial charge in [0, 0.05) is 5.56 Å². The first-order valence-corrected chi connectivity index (χ1v) is 10.0. The van der Waals surface area contributed by atoms with Crippen LogP contribution >= 0.6 is 0 Å². The highest BCUT2D eigenvalue weighted by molar-refractivity contribution is 5.97. The molecule has 1 heterocycles. The molecule has 1 fully saturated rings. The molecule has 0 spiro atoms. The molecule has 4 rings (SSSR count). The minimum atomic E-state index is -0.759. The van der Waals surface area contributed by atoms with Gasteiger partial charge in [0.2, 0.25) is 5.90 Å². The molecule has 2 aromatic carbocycles. The van der Waals surface area contributed by atoms with Crippen LogP contribution in [0.4, 0.5) is 0 Å². The third kappa shape index (κ3) is 4.31. The second-order valence-corrected chi connectivity index (χ2v) is 7.61. The molecule has 0 saturated heterocycles. The largest absolute Gasteiger partial charge is 0.481 e. The van der Waals surface area contributed by atoms with Gasteiger partial charge < -0.3 is 9.84 Å². The molecule has 6 nitrogen and oxygen atoms in total. The Morgan fingerprint density at radius 2 is 1.79 bits per heavy atom. The van der Waals surface area contributed by atoms with E-state index in [1.54, 1.807) is 0 Å². The molecule has 0 aromatic heterocycles. The molecule has 1 aliphatic carbocycles. The monoisotopic (exact) mass is 392 g/mol. The van der Waals surface area contributed by atoms with E-state index in [0.717, 1.165) is 42.4 Å². The lowest BCUT2D eigenvalue weighted by atomic mass is 9.84. The second-order valence-electron chi connectivity index (χ2n) is 7.61. The van der Waals surface area contributed by atoms with Crippen molar-refractivity contribution in [2.75, 3.05) is 6.61 Å². The number of carbonyl (C=O) groups is 2. The molecule has 2 aromatic rings. The van der Waals surface area contributed by atoms with Gasteiger partial charge in [-0.2, -0.15) is 0 Å². The number of aliphatic carboxylic acids is 1. The summed E-state index contributed by atoms with van der Waals surface area (Å²) < 4.78 is 5.47. The van der Waals surface area contributed by atoms with E-state index in [2.05, 4.69) is 5.10 Å². The number of nitrogens with zero attached hydrogens (tertiary/aromatic N) is 2. The van der Waals surface area contributed by atoms with Crippen LogP contribution in [-0.2, 0) is 20.9 Å². The Hall–Kier alpha value is -3.15. The minimum Gasteiger partial charge on any atom is -0.481 e. The third-order valence-corrected chi connectivity index (χ3v) is 5.66. The number of ether oxygens (including phenoxy) is 1. The number of benzene rings is 2. The first-order valence-electron chi connectivity index (χ1n) is 10.0. The summed E-state index contributed by atoms with van der Waals surface area (Å²) in [5.41, 5.74) is 2.55. The van der Waals surface area contributed by atoms with E-state index < -0.39 is 11.9 Å². The number of carboxylic acid groups (broad SMARTS) is 1. The van der Waals surface area contributed by atoms with Gasteiger partial charge in [0.05, 0.1) is 12.5 Å². The molecule has 1 saturated carbocycles. The van der Waals surface area contributed by atoms with Crippen LogP contribution in [0.15, 0.2) is 59.7 Å². The summed E-state index contributed by atoms with van der Waals surface area (Å²) in [7, 11) is 0. The van der Waals surface area contributed by atoms with E-state index in [0.29, 0.717) is 12.4 Å². The molecule has 1 amide bonds. The summed E-state index contributed by atoms with van der Waals surface area (Å²) >= 11 is 0. The van der Waals surface area contributed by atoms with Crippen molar-refractivity contribution in [3.8, 4) is 0 Å². The topological polar surface area (TPSA) is 79.2 Å². The SMILES string of the molecule is O=C(O)[C@H](c1ccc(CN2N=C(c3ccccc3)OCC2=O)cc1)C1CCCC1. The number of hydrazone groups is 1. The van der Waals surface area contributed by atoms with Crippen molar-refractivity contribution in [1.82, 2.24) is 5.01 Å². The van der Waals surface area contributed by atoms with E-state index in [1.807, 2.05) is 54.6 Å². The van der Waals surface area contributed by atoms with Gasteiger partial charge in [-0.15, -0.1) is 5.10 Å². The Morgan fingerprint density at radius 3 is 2.45 bits per heavy atom. The van der Waals surface area contributed by atoms with Crippen molar-refractivity contribution >= 4 is 17.8 Å². The molecule has 6 heteroatoms.